The molecule has 1 aliphatic rings. The molecular weight excluding hydrogens is 338 g/mol. The highest BCUT2D eigenvalue weighted by Gasteiger charge is 2.45. The summed E-state index contributed by atoms with van der Waals surface area (Å²) in [5.74, 6) is 2.82. The summed E-state index contributed by atoms with van der Waals surface area (Å²) in [7, 11) is 0. The molecule has 1 aliphatic carbocycles. The number of guanidine groups is 1. The molecule has 0 saturated heterocycles. The van der Waals surface area contributed by atoms with E-state index in [2.05, 4.69) is 53.7 Å². The Labute approximate surface area is 154 Å². The lowest BCUT2D eigenvalue weighted by Crippen LogP contribution is -2.53. The third-order valence-corrected chi connectivity index (χ3v) is 6.49. The molecule has 0 aliphatic heterocycles. The van der Waals surface area contributed by atoms with E-state index >= 15 is 0 Å². The van der Waals surface area contributed by atoms with Crippen molar-refractivity contribution in [2.24, 2.45) is 4.99 Å². The molecule has 1 saturated carbocycles. The normalized spacial score (nSPS) is 23.6. The number of aliphatic hydroxyl groups is 1. The lowest BCUT2D eigenvalue weighted by molar-refractivity contribution is -0.0154. The average Bonchev–Trinajstić information content (AvgIpc) is 2.60. The lowest BCUT2D eigenvalue weighted by Gasteiger charge is -2.44. The molecule has 3 N–H and O–H groups in total. The van der Waals surface area contributed by atoms with Crippen LogP contribution in [0.5, 0.6) is 0 Å². The Morgan fingerprint density at radius 3 is 2.71 bits per heavy atom. The summed E-state index contributed by atoms with van der Waals surface area (Å²) in [5, 5.41) is 17.6. The van der Waals surface area contributed by atoms with Crippen LogP contribution in [-0.4, -0.2) is 53.1 Å². The van der Waals surface area contributed by atoms with Crippen LogP contribution < -0.4 is 10.6 Å². The van der Waals surface area contributed by atoms with Gasteiger partial charge in [-0.2, -0.15) is 11.8 Å². The van der Waals surface area contributed by atoms with Gasteiger partial charge in [0, 0.05) is 29.0 Å². The molecule has 2 atom stereocenters. The van der Waals surface area contributed by atoms with Crippen molar-refractivity contribution in [1.82, 2.24) is 10.6 Å². The number of nitrogens with zero attached hydrogens (tertiary/aromatic N) is 1. The van der Waals surface area contributed by atoms with Crippen LogP contribution in [0, 0.1) is 0 Å². The summed E-state index contributed by atoms with van der Waals surface area (Å²) >= 11 is 3.67. The fraction of sp³-hybridized carbons (Fsp3) is 0.611. The molecule has 0 amide bonds. The third-order valence-electron chi connectivity index (χ3n) is 4.07. The Kier molecular flexibility index (Phi) is 8.29. The highest BCUT2D eigenvalue weighted by Crippen LogP contribution is 2.41. The summed E-state index contributed by atoms with van der Waals surface area (Å²) in [6.45, 7) is 6.35. The molecule has 2 rings (SSSR count). The number of benzene rings is 1. The summed E-state index contributed by atoms with van der Waals surface area (Å²) in [6, 6.07) is 10.4. The standard InChI is InChI=1S/C18H29N3OS2/c1-3-19-17(20-12-13-24-15-8-6-5-7-9-15)21-14-18(22)11-10-16(18)23-4-2/h5-9,16,22H,3-4,10-14H2,1-2H3,(H2,19,20,21). The molecule has 0 bridgehead atoms. The van der Waals surface area contributed by atoms with Gasteiger partial charge < -0.3 is 15.7 Å². The van der Waals surface area contributed by atoms with E-state index in [0.717, 1.165) is 43.4 Å². The molecular formula is C18H29N3OS2. The lowest BCUT2D eigenvalue weighted by atomic mass is 9.79. The zero-order chi connectivity index (χ0) is 17.3. The van der Waals surface area contributed by atoms with Gasteiger partial charge >= 0.3 is 0 Å². The first-order valence-electron chi connectivity index (χ1n) is 8.72. The van der Waals surface area contributed by atoms with Crippen LogP contribution in [0.3, 0.4) is 0 Å². The smallest absolute Gasteiger partial charge is 0.191 e. The average molecular weight is 368 g/mol. The summed E-state index contributed by atoms with van der Waals surface area (Å²) in [4.78, 5) is 5.89. The van der Waals surface area contributed by atoms with Crippen LogP contribution in [0.1, 0.15) is 26.7 Å². The van der Waals surface area contributed by atoms with E-state index in [0.29, 0.717) is 11.8 Å². The molecule has 1 aromatic rings. The van der Waals surface area contributed by atoms with Crippen molar-refractivity contribution in [1.29, 1.82) is 0 Å². The Morgan fingerprint density at radius 2 is 2.08 bits per heavy atom. The quantitative estimate of drug-likeness (QED) is 0.271. The van der Waals surface area contributed by atoms with Crippen molar-refractivity contribution in [3.05, 3.63) is 30.3 Å². The Morgan fingerprint density at radius 1 is 1.29 bits per heavy atom. The van der Waals surface area contributed by atoms with Gasteiger partial charge in [0.15, 0.2) is 5.96 Å². The molecule has 24 heavy (non-hydrogen) atoms. The molecule has 1 aromatic carbocycles. The highest BCUT2D eigenvalue weighted by molar-refractivity contribution is 8.00. The minimum absolute atomic E-state index is 0.336. The van der Waals surface area contributed by atoms with E-state index in [9.17, 15) is 5.11 Å². The van der Waals surface area contributed by atoms with Gasteiger partial charge in [-0.1, -0.05) is 25.1 Å². The van der Waals surface area contributed by atoms with Crippen molar-refractivity contribution in [2.75, 3.05) is 31.1 Å². The summed E-state index contributed by atoms with van der Waals surface area (Å²) in [6.07, 6.45) is 1.96. The fourth-order valence-corrected chi connectivity index (χ4v) is 4.61. The van der Waals surface area contributed by atoms with Crippen molar-refractivity contribution in [2.45, 2.75) is 42.4 Å². The predicted molar refractivity (Wildman–Crippen MR) is 107 cm³/mol. The second-order valence-electron chi connectivity index (χ2n) is 5.87. The topological polar surface area (TPSA) is 56.7 Å². The van der Waals surface area contributed by atoms with Crippen LogP contribution >= 0.6 is 23.5 Å². The van der Waals surface area contributed by atoms with Crippen LogP contribution in [0.2, 0.25) is 0 Å². The first-order chi connectivity index (χ1) is 11.7. The number of hydrogen-bond donors (Lipinski definition) is 3. The number of thioether (sulfide) groups is 2. The molecule has 2 unspecified atom stereocenters. The van der Waals surface area contributed by atoms with Crippen LogP contribution in [0.25, 0.3) is 0 Å². The van der Waals surface area contributed by atoms with Gasteiger partial charge in [0.2, 0.25) is 0 Å². The van der Waals surface area contributed by atoms with E-state index in [4.69, 9.17) is 0 Å². The van der Waals surface area contributed by atoms with Gasteiger partial charge in [0.1, 0.15) is 0 Å². The van der Waals surface area contributed by atoms with Crippen molar-refractivity contribution in [3.63, 3.8) is 0 Å². The van der Waals surface area contributed by atoms with Crippen LogP contribution in [-0.2, 0) is 0 Å². The Bertz CT molecular complexity index is 512. The molecule has 1 fully saturated rings. The SMILES string of the molecule is CCNC(=NCC1(O)CCC1SCC)NCCSc1ccccc1. The summed E-state index contributed by atoms with van der Waals surface area (Å²) in [5.41, 5.74) is -0.623. The van der Waals surface area contributed by atoms with Crippen LogP contribution in [0.4, 0.5) is 0 Å². The van der Waals surface area contributed by atoms with Crippen molar-refractivity contribution < 1.29 is 5.11 Å². The van der Waals surface area contributed by atoms with E-state index in [1.807, 2.05) is 29.6 Å². The Balaban J connectivity index is 1.76. The third kappa shape index (κ3) is 5.90. The van der Waals surface area contributed by atoms with Gasteiger partial charge in [-0.15, -0.1) is 11.8 Å². The largest absolute Gasteiger partial charge is 0.387 e. The maximum absolute atomic E-state index is 10.7. The molecule has 0 radical (unpaired) electrons. The number of aliphatic imine (C=N–C) groups is 1. The van der Waals surface area contributed by atoms with Crippen molar-refractivity contribution in [3.8, 4) is 0 Å². The maximum atomic E-state index is 10.7. The first kappa shape index (κ1) is 19.5. The number of hydrogen-bond acceptors (Lipinski definition) is 4. The minimum Gasteiger partial charge on any atom is -0.387 e. The van der Waals surface area contributed by atoms with Gasteiger partial charge in [0.25, 0.3) is 0 Å². The molecule has 0 heterocycles. The number of nitrogens with one attached hydrogen (secondary N) is 2. The first-order valence-corrected chi connectivity index (χ1v) is 10.8. The summed E-state index contributed by atoms with van der Waals surface area (Å²) < 4.78 is 0. The van der Waals surface area contributed by atoms with Gasteiger partial charge in [-0.25, -0.2) is 0 Å². The maximum Gasteiger partial charge on any atom is 0.191 e. The van der Waals surface area contributed by atoms with Gasteiger partial charge in [0.05, 0.1) is 12.1 Å². The van der Waals surface area contributed by atoms with Crippen molar-refractivity contribution >= 4 is 29.5 Å². The molecule has 0 aromatic heterocycles. The zero-order valence-corrected chi connectivity index (χ0v) is 16.3. The monoisotopic (exact) mass is 367 g/mol. The predicted octanol–water partition coefficient (Wildman–Crippen LogP) is 2.98. The van der Waals surface area contributed by atoms with E-state index in [-0.39, 0.29) is 0 Å². The molecule has 6 heteroatoms. The van der Waals surface area contributed by atoms with Crippen LogP contribution in [0.15, 0.2) is 40.2 Å². The second kappa shape index (κ2) is 10.2. The minimum atomic E-state index is -0.623. The van der Waals surface area contributed by atoms with Gasteiger partial charge in [-0.3, -0.25) is 4.99 Å². The zero-order valence-electron chi connectivity index (χ0n) is 14.6. The highest BCUT2D eigenvalue weighted by atomic mass is 32.2. The fourth-order valence-electron chi connectivity index (χ4n) is 2.63. The number of rotatable bonds is 9. The van der Waals surface area contributed by atoms with E-state index < -0.39 is 5.60 Å². The molecule has 4 nitrogen and oxygen atoms in total. The Hall–Kier alpha value is -0.850. The van der Waals surface area contributed by atoms with E-state index in [1.54, 1.807) is 0 Å². The second-order valence-corrected chi connectivity index (χ2v) is 8.52. The van der Waals surface area contributed by atoms with E-state index in [1.165, 1.54) is 4.90 Å². The van der Waals surface area contributed by atoms with Gasteiger partial charge in [-0.05, 0) is 37.7 Å². The molecule has 0 spiro atoms. The molecule has 134 valence electrons.